The van der Waals surface area contributed by atoms with Gasteiger partial charge in [-0.1, -0.05) is 71.4 Å². The van der Waals surface area contributed by atoms with Crippen molar-refractivity contribution in [3.63, 3.8) is 0 Å². The van der Waals surface area contributed by atoms with Crippen molar-refractivity contribution >= 4 is 5.91 Å². The fourth-order valence-electron chi connectivity index (χ4n) is 5.36. The molecule has 4 atom stereocenters. The highest BCUT2D eigenvalue weighted by atomic mass is 16.1. The summed E-state index contributed by atoms with van der Waals surface area (Å²) in [7, 11) is 0. The minimum Gasteiger partial charge on any atom is -0.344 e. The molecule has 0 spiro atoms. The summed E-state index contributed by atoms with van der Waals surface area (Å²) in [5.74, 6) is 3.05. The van der Waals surface area contributed by atoms with Crippen LogP contribution in [0, 0.1) is 29.1 Å². The van der Waals surface area contributed by atoms with Crippen LogP contribution in [0.4, 0.5) is 0 Å². The number of hydrogen-bond donors (Lipinski definition) is 2. The maximum absolute atomic E-state index is 12.2. The molecule has 0 bridgehead atoms. The van der Waals surface area contributed by atoms with Crippen LogP contribution >= 0.6 is 0 Å². The molecule has 0 aliphatic heterocycles. The number of amides is 1. The van der Waals surface area contributed by atoms with Crippen molar-refractivity contribution in [1.82, 2.24) is 10.6 Å². The first-order valence-electron chi connectivity index (χ1n) is 10.9. The zero-order valence-electron chi connectivity index (χ0n) is 18.1. The van der Waals surface area contributed by atoms with E-state index in [1.807, 2.05) is 18.2 Å². The predicted molar refractivity (Wildman–Crippen MR) is 114 cm³/mol. The summed E-state index contributed by atoms with van der Waals surface area (Å²) in [6, 6.07) is 10.3. The Kier molecular flexibility index (Phi) is 8.34. The van der Waals surface area contributed by atoms with Gasteiger partial charge in [0.05, 0.1) is 6.67 Å². The number of nitrogens with one attached hydrogen (secondary N) is 2. The van der Waals surface area contributed by atoms with Gasteiger partial charge in [-0.2, -0.15) is 0 Å². The predicted octanol–water partition coefficient (Wildman–Crippen LogP) is 5.36. The van der Waals surface area contributed by atoms with E-state index in [4.69, 9.17) is 0 Å². The smallest absolute Gasteiger partial charge is 0.220 e. The van der Waals surface area contributed by atoms with E-state index in [1.54, 1.807) is 0 Å². The molecule has 1 aromatic rings. The zero-order chi connectivity index (χ0) is 19.9. The highest BCUT2D eigenvalue weighted by molar-refractivity contribution is 5.75. The second-order valence-corrected chi connectivity index (χ2v) is 9.01. The molecule has 152 valence electrons. The molecule has 2 rings (SSSR count). The third kappa shape index (κ3) is 5.57. The van der Waals surface area contributed by atoms with Crippen LogP contribution in [0.2, 0.25) is 0 Å². The average Bonchev–Trinajstić information content (AvgIpc) is 3.02. The van der Waals surface area contributed by atoms with Gasteiger partial charge in [0.15, 0.2) is 0 Å². The van der Waals surface area contributed by atoms with Gasteiger partial charge in [-0.3, -0.25) is 10.1 Å². The molecule has 0 saturated heterocycles. The van der Waals surface area contributed by atoms with E-state index in [1.165, 1.54) is 24.8 Å². The van der Waals surface area contributed by atoms with Crippen LogP contribution in [0.25, 0.3) is 0 Å². The standard InChI is InChI=1S/C24H40N2O/c1-6-21-13-14-22(24(21,5)18(2)3)19(4)12-15-23(27)26-17-25-16-20-10-8-7-9-11-20/h7-11,18-19,21-22,25H,6,12-17H2,1-5H3,(H,26,27). The quantitative estimate of drug-likeness (QED) is 0.428. The Morgan fingerprint density at radius 2 is 1.89 bits per heavy atom. The maximum Gasteiger partial charge on any atom is 0.220 e. The molecular formula is C24H40N2O. The molecule has 0 aromatic heterocycles. The summed E-state index contributed by atoms with van der Waals surface area (Å²) in [4.78, 5) is 12.2. The van der Waals surface area contributed by atoms with Gasteiger partial charge in [-0.05, 0) is 53.9 Å². The number of rotatable bonds is 10. The third-order valence-electron chi connectivity index (χ3n) is 7.34. The van der Waals surface area contributed by atoms with Crippen molar-refractivity contribution in [3.05, 3.63) is 35.9 Å². The van der Waals surface area contributed by atoms with Gasteiger partial charge in [0.1, 0.15) is 0 Å². The van der Waals surface area contributed by atoms with Crippen molar-refractivity contribution in [2.24, 2.45) is 29.1 Å². The molecular weight excluding hydrogens is 332 g/mol. The van der Waals surface area contributed by atoms with Crippen LogP contribution in [0.15, 0.2) is 30.3 Å². The van der Waals surface area contributed by atoms with Crippen molar-refractivity contribution in [1.29, 1.82) is 0 Å². The molecule has 1 amide bonds. The molecule has 1 aliphatic rings. The Bertz CT molecular complexity index is 571. The number of carbonyl (C=O) groups is 1. The van der Waals surface area contributed by atoms with E-state index in [0.29, 0.717) is 30.3 Å². The van der Waals surface area contributed by atoms with E-state index >= 15 is 0 Å². The summed E-state index contributed by atoms with van der Waals surface area (Å²) < 4.78 is 0. The van der Waals surface area contributed by atoms with E-state index in [-0.39, 0.29) is 5.91 Å². The summed E-state index contributed by atoms with van der Waals surface area (Å²) >= 11 is 0. The van der Waals surface area contributed by atoms with Crippen LogP contribution in [0.5, 0.6) is 0 Å². The van der Waals surface area contributed by atoms with Gasteiger partial charge in [-0.15, -0.1) is 0 Å². The van der Waals surface area contributed by atoms with Crippen molar-refractivity contribution in [2.75, 3.05) is 6.67 Å². The highest BCUT2D eigenvalue weighted by Gasteiger charge is 2.49. The van der Waals surface area contributed by atoms with E-state index in [0.717, 1.165) is 24.8 Å². The molecule has 3 nitrogen and oxygen atoms in total. The van der Waals surface area contributed by atoms with Crippen LogP contribution < -0.4 is 10.6 Å². The molecule has 1 saturated carbocycles. The molecule has 1 aromatic carbocycles. The summed E-state index contributed by atoms with van der Waals surface area (Å²) in [5, 5.41) is 6.30. The zero-order valence-corrected chi connectivity index (χ0v) is 18.1. The van der Waals surface area contributed by atoms with Gasteiger partial charge >= 0.3 is 0 Å². The number of hydrogen-bond acceptors (Lipinski definition) is 2. The van der Waals surface area contributed by atoms with Crippen molar-refractivity contribution < 1.29 is 4.79 Å². The third-order valence-corrected chi connectivity index (χ3v) is 7.34. The second-order valence-electron chi connectivity index (χ2n) is 9.01. The SMILES string of the molecule is CCC1CCC(C(C)CCC(=O)NCNCc2ccccc2)C1(C)C(C)C. The molecule has 4 unspecified atom stereocenters. The first-order chi connectivity index (χ1) is 12.9. The monoisotopic (exact) mass is 372 g/mol. The van der Waals surface area contributed by atoms with E-state index in [9.17, 15) is 4.79 Å². The molecule has 2 N–H and O–H groups in total. The first kappa shape index (κ1) is 21.9. The van der Waals surface area contributed by atoms with Gasteiger partial charge in [0, 0.05) is 13.0 Å². The first-order valence-corrected chi connectivity index (χ1v) is 10.9. The van der Waals surface area contributed by atoms with Crippen LogP contribution in [-0.2, 0) is 11.3 Å². The van der Waals surface area contributed by atoms with E-state index in [2.05, 4.69) is 57.4 Å². The molecule has 1 fully saturated rings. The number of carbonyl (C=O) groups excluding carboxylic acids is 1. The lowest BCUT2D eigenvalue weighted by atomic mass is 9.62. The molecule has 0 heterocycles. The summed E-state index contributed by atoms with van der Waals surface area (Å²) in [6.45, 7) is 13.3. The average molecular weight is 373 g/mol. The van der Waals surface area contributed by atoms with Gasteiger partial charge in [0.25, 0.3) is 0 Å². The lowest BCUT2D eigenvalue weighted by molar-refractivity contribution is -0.121. The normalized spacial score (nSPS) is 26.3. The van der Waals surface area contributed by atoms with Crippen LogP contribution in [-0.4, -0.2) is 12.6 Å². The Labute approximate surface area is 166 Å². The topological polar surface area (TPSA) is 41.1 Å². The van der Waals surface area contributed by atoms with Crippen LogP contribution in [0.1, 0.15) is 72.3 Å². The second kappa shape index (κ2) is 10.3. The van der Waals surface area contributed by atoms with Gasteiger partial charge in [0.2, 0.25) is 5.91 Å². The Morgan fingerprint density at radius 3 is 2.52 bits per heavy atom. The van der Waals surface area contributed by atoms with Crippen LogP contribution in [0.3, 0.4) is 0 Å². The maximum atomic E-state index is 12.2. The largest absolute Gasteiger partial charge is 0.344 e. The summed E-state index contributed by atoms with van der Waals surface area (Å²) in [6.07, 6.45) is 5.60. The Balaban J connectivity index is 1.72. The van der Waals surface area contributed by atoms with Gasteiger partial charge in [-0.25, -0.2) is 0 Å². The highest BCUT2D eigenvalue weighted by Crippen LogP contribution is 2.56. The van der Waals surface area contributed by atoms with Crippen molar-refractivity contribution in [3.8, 4) is 0 Å². The minimum absolute atomic E-state index is 0.165. The molecule has 27 heavy (non-hydrogen) atoms. The minimum atomic E-state index is 0.165. The Hall–Kier alpha value is -1.35. The van der Waals surface area contributed by atoms with Gasteiger partial charge < -0.3 is 5.32 Å². The Morgan fingerprint density at radius 1 is 1.19 bits per heavy atom. The lowest BCUT2D eigenvalue weighted by Gasteiger charge is -2.43. The molecule has 0 radical (unpaired) electrons. The summed E-state index contributed by atoms with van der Waals surface area (Å²) in [5.41, 5.74) is 1.65. The number of benzene rings is 1. The van der Waals surface area contributed by atoms with E-state index < -0.39 is 0 Å². The fraction of sp³-hybridized carbons (Fsp3) is 0.708. The molecule has 3 heteroatoms. The van der Waals surface area contributed by atoms with Crippen molar-refractivity contribution in [2.45, 2.75) is 73.3 Å². The lowest BCUT2D eigenvalue weighted by Crippen LogP contribution is -2.38. The fourth-order valence-corrected chi connectivity index (χ4v) is 5.36. The molecule has 1 aliphatic carbocycles.